The first-order valence-corrected chi connectivity index (χ1v) is 5.59. The molecule has 84 valence electrons. The van der Waals surface area contributed by atoms with Crippen molar-refractivity contribution in [3.05, 3.63) is 47.3 Å². The third-order valence-electron chi connectivity index (χ3n) is 2.77. The highest BCUT2D eigenvalue weighted by Crippen LogP contribution is 2.10. The number of benzene rings is 1. The molecular weight excluding hydrogens is 200 g/mol. The van der Waals surface area contributed by atoms with Crippen molar-refractivity contribution in [2.45, 2.75) is 12.6 Å². The molecule has 3 nitrogen and oxygen atoms in total. The van der Waals surface area contributed by atoms with E-state index in [4.69, 9.17) is 11.3 Å². The highest BCUT2D eigenvalue weighted by atomic mass is 16.5. The number of nitrogens with zero attached hydrogens (tertiary/aromatic N) is 2. The summed E-state index contributed by atoms with van der Waals surface area (Å²) in [4.78, 5) is 5.76. The van der Waals surface area contributed by atoms with Gasteiger partial charge in [-0.25, -0.2) is 6.57 Å². The largest absolute Gasteiger partial charge is 0.368 e. The summed E-state index contributed by atoms with van der Waals surface area (Å²) >= 11 is 0. The zero-order valence-corrected chi connectivity index (χ0v) is 9.30. The lowest BCUT2D eigenvalue weighted by atomic mass is 10.2. The van der Waals surface area contributed by atoms with Crippen molar-refractivity contribution in [3.8, 4) is 0 Å². The van der Waals surface area contributed by atoms with Crippen LogP contribution in [0.2, 0.25) is 0 Å². The number of hydrogen-bond acceptors (Lipinski definition) is 2. The molecule has 1 fully saturated rings. The maximum Gasteiger partial charge on any atom is 0.241 e. The lowest BCUT2D eigenvalue weighted by Crippen LogP contribution is -2.43. The smallest absolute Gasteiger partial charge is 0.241 e. The van der Waals surface area contributed by atoms with Gasteiger partial charge in [0.1, 0.15) is 6.10 Å². The van der Waals surface area contributed by atoms with Crippen LogP contribution in [-0.4, -0.2) is 37.2 Å². The summed E-state index contributed by atoms with van der Waals surface area (Å²) in [6.45, 7) is 10.9. The Morgan fingerprint density at radius 2 is 2.19 bits per heavy atom. The predicted molar refractivity (Wildman–Crippen MR) is 62.9 cm³/mol. The highest BCUT2D eigenvalue weighted by molar-refractivity contribution is 5.14. The quantitative estimate of drug-likeness (QED) is 0.717. The molecule has 3 heteroatoms. The van der Waals surface area contributed by atoms with Gasteiger partial charge in [0.2, 0.25) is 6.54 Å². The number of rotatable bonds is 3. The Morgan fingerprint density at radius 1 is 1.38 bits per heavy atom. The molecule has 0 radical (unpaired) electrons. The molecule has 1 unspecified atom stereocenters. The topological polar surface area (TPSA) is 16.8 Å². The second kappa shape index (κ2) is 5.64. The molecule has 1 aliphatic heterocycles. The van der Waals surface area contributed by atoms with Crippen LogP contribution in [0, 0.1) is 6.57 Å². The van der Waals surface area contributed by atoms with E-state index in [1.807, 2.05) is 6.07 Å². The Bertz CT molecular complexity index is 358. The maximum atomic E-state index is 6.85. The van der Waals surface area contributed by atoms with E-state index in [0.29, 0.717) is 6.54 Å². The van der Waals surface area contributed by atoms with Crippen molar-refractivity contribution in [3.63, 3.8) is 0 Å². The van der Waals surface area contributed by atoms with Gasteiger partial charge >= 0.3 is 0 Å². The lowest BCUT2D eigenvalue weighted by Gasteiger charge is -2.30. The molecule has 1 heterocycles. The standard InChI is InChI=1S/C13H16N2O/c1-14-9-13-11-15(7-8-16-13)10-12-5-3-2-4-6-12/h2-6,13H,7-11H2. The highest BCUT2D eigenvalue weighted by Gasteiger charge is 2.22. The predicted octanol–water partition coefficient (Wildman–Crippen LogP) is 1.81. The van der Waals surface area contributed by atoms with Gasteiger partial charge < -0.3 is 9.58 Å². The molecule has 0 amide bonds. The molecular formula is C13H16N2O. The lowest BCUT2D eigenvalue weighted by molar-refractivity contribution is -0.0225. The fraction of sp³-hybridized carbons (Fsp3) is 0.462. The minimum atomic E-state index is 0.0926. The fourth-order valence-electron chi connectivity index (χ4n) is 1.98. The molecule has 1 saturated heterocycles. The third-order valence-corrected chi connectivity index (χ3v) is 2.77. The first-order chi connectivity index (χ1) is 7.88. The summed E-state index contributed by atoms with van der Waals surface area (Å²) in [6.07, 6.45) is 0.0926. The first-order valence-electron chi connectivity index (χ1n) is 5.59. The van der Waals surface area contributed by atoms with Crippen molar-refractivity contribution in [2.75, 3.05) is 26.2 Å². The Labute approximate surface area is 96.5 Å². The van der Waals surface area contributed by atoms with Gasteiger partial charge in [-0.05, 0) is 5.56 Å². The summed E-state index contributed by atoms with van der Waals surface area (Å²) in [5, 5.41) is 0. The maximum absolute atomic E-state index is 6.85. The second-order valence-electron chi connectivity index (χ2n) is 4.05. The van der Waals surface area contributed by atoms with Crippen LogP contribution in [0.1, 0.15) is 5.56 Å². The van der Waals surface area contributed by atoms with E-state index in [0.717, 1.165) is 26.2 Å². The van der Waals surface area contributed by atoms with Crippen molar-refractivity contribution in [2.24, 2.45) is 0 Å². The normalized spacial score (nSPS) is 21.6. The Morgan fingerprint density at radius 3 is 2.94 bits per heavy atom. The monoisotopic (exact) mass is 216 g/mol. The Kier molecular flexibility index (Phi) is 3.92. The summed E-state index contributed by atoms with van der Waals surface area (Å²) in [5.41, 5.74) is 1.32. The summed E-state index contributed by atoms with van der Waals surface area (Å²) in [7, 11) is 0. The van der Waals surface area contributed by atoms with Crippen LogP contribution >= 0.6 is 0 Å². The number of ether oxygens (including phenoxy) is 1. The van der Waals surface area contributed by atoms with E-state index in [1.54, 1.807) is 0 Å². The van der Waals surface area contributed by atoms with E-state index in [1.165, 1.54) is 5.56 Å². The molecule has 0 saturated carbocycles. The first kappa shape index (κ1) is 11.1. The zero-order chi connectivity index (χ0) is 11.2. The van der Waals surface area contributed by atoms with Crippen molar-refractivity contribution in [1.29, 1.82) is 0 Å². The summed E-state index contributed by atoms with van der Waals surface area (Å²) in [5.74, 6) is 0. The third kappa shape index (κ3) is 3.06. The molecule has 1 atom stereocenters. The summed E-state index contributed by atoms with van der Waals surface area (Å²) in [6, 6.07) is 10.4. The van der Waals surface area contributed by atoms with E-state index in [2.05, 4.69) is 34.0 Å². The van der Waals surface area contributed by atoms with Crippen LogP contribution in [0.15, 0.2) is 30.3 Å². The van der Waals surface area contributed by atoms with Crippen molar-refractivity contribution in [1.82, 2.24) is 4.90 Å². The molecule has 0 aliphatic carbocycles. The average Bonchev–Trinajstić information content (AvgIpc) is 2.31. The molecule has 0 bridgehead atoms. The van der Waals surface area contributed by atoms with Crippen LogP contribution in [0.4, 0.5) is 0 Å². The SMILES string of the molecule is [C-]#[N+]CC1CN(Cc2ccccc2)CCO1. The van der Waals surface area contributed by atoms with E-state index in [-0.39, 0.29) is 6.10 Å². The molecule has 1 aromatic carbocycles. The van der Waals surface area contributed by atoms with Gasteiger partial charge in [0, 0.05) is 19.6 Å². The molecule has 0 N–H and O–H groups in total. The van der Waals surface area contributed by atoms with Crippen LogP contribution in [-0.2, 0) is 11.3 Å². The van der Waals surface area contributed by atoms with Crippen molar-refractivity contribution < 1.29 is 4.74 Å². The molecule has 0 spiro atoms. The van der Waals surface area contributed by atoms with Crippen LogP contribution in [0.3, 0.4) is 0 Å². The van der Waals surface area contributed by atoms with Gasteiger partial charge in [-0.1, -0.05) is 30.3 Å². The van der Waals surface area contributed by atoms with Crippen LogP contribution in [0.25, 0.3) is 4.85 Å². The van der Waals surface area contributed by atoms with E-state index >= 15 is 0 Å². The van der Waals surface area contributed by atoms with Gasteiger partial charge in [0.05, 0.1) is 6.61 Å². The molecule has 16 heavy (non-hydrogen) atoms. The molecule has 1 aliphatic rings. The molecule has 2 rings (SSSR count). The zero-order valence-electron chi connectivity index (χ0n) is 9.30. The van der Waals surface area contributed by atoms with Gasteiger partial charge in [-0.3, -0.25) is 4.90 Å². The minimum Gasteiger partial charge on any atom is -0.368 e. The van der Waals surface area contributed by atoms with Crippen molar-refractivity contribution >= 4 is 0 Å². The van der Waals surface area contributed by atoms with Gasteiger partial charge in [-0.15, -0.1) is 0 Å². The van der Waals surface area contributed by atoms with Gasteiger partial charge in [0.15, 0.2) is 0 Å². The fourth-order valence-corrected chi connectivity index (χ4v) is 1.98. The van der Waals surface area contributed by atoms with Crippen LogP contribution in [0.5, 0.6) is 0 Å². The molecule has 1 aromatic rings. The second-order valence-corrected chi connectivity index (χ2v) is 4.05. The molecule has 0 aromatic heterocycles. The van der Waals surface area contributed by atoms with Crippen LogP contribution < -0.4 is 0 Å². The van der Waals surface area contributed by atoms with Gasteiger partial charge in [-0.2, -0.15) is 0 Å². The van der Waals surface area contributed by atoms with Gasteiger partial charge in [0.25, 0.3) is 0 Å². The Hall–Kier alpha value is -1.37. The van der Waals surface area contributed by atoms with E-state index in [9.17, 15) is 0 Å². The number of morpholine rings is 1. The summed E-state index contributed by atoms with van der Waals surface area (Å²) < 4.78 is 5.53. The average molecular weight is 216 g/mol. The Balaban J connectivity index is 1.88. The van der Waals surface area contributed by atoms with E-state index < -0.39 is 0 Å². The minimum absolute atomic E-state index is 0.0926. The number of hydrogen-bond donors (Lipinski definition) is 0.